The number of methoxy groups -OCH3 is 1. The number of benzene rings is 3. The van der Waals surface area contributed by atoms with Crippen LogP contribution in [0.3, 0.4) is 0 Å². The standard InChI is InChI=1S/C27H28O4.H2O/c1-30-25-16-15-22(18-26(25)31-23-9-5-6-10-23)24(20-7-3-2-4-8-20)17-19-11-13-21(14-12-19)27(28)29;/h2-4,7-8,11-16,18,23-24H,5-6,9-10,17H2,1H3,(H,28,29);1H2. The molecule has 5 heteroatoms. The molecule has 1 aliphatic carbocycles. The molecule has 0 radical (unpaired) electrons. The van der Waals surface area contributed by atoms with Gasteiger partial charge in [0.2, 0.25) is 0 Å². The average molecular weight is 435 g/mol. The van der Waals surface area contributed by atoms with Crippen LogP contribution in [0.4, 0.5) is 0 Å². The molecule has 32 heavy (non-hydrogen) atoms. The van der Waals surface area contributed by atoms with Crippen LogP contribution in [0.1, 0.15) is 58.6 Å². The number of carboxylic acids is 1. The highest BCUT2D eigenvalue weighted by Gasteiger charge is 2.21. The second-order valence-electron chi connectivity index (χ2n) is 8.10. The fraction of sp³-hybridized carbons (Fsp3) is 0.296. The minimum atomic E-state index is -0.907. The van der Waals surface area contributed by atoms with Gasteiger partial charge in [-0.1, -0.05) is 48.5 Å². The molecule has 0 amide bonds. The lowest BCUT2D eigenvalue weighted by molar-refractivity contribution is 0.0697. The van der Waals surface area contributed by atoms with Crippen LogP contribution in [-0.4, -0.2) is 29.8 Å². The summed E-state index contributed by atoms with van der Waals surface area (Å²) in [6.45, 7) is 0. The molecule has 0 bridgehead atoms. The van der Waals surface area contributed by atoms with Gasteiger partial charge in [0.15, 0.2) is 11.5 Å². The van der Waals surface area contributed by atoms with Crippen LogP contribution in [0.25, 0.3) is 0 Å². The molecule has 4 rings (SSSR count). The molecule has 0 aromatic heterocycles. The third-order valence-electron chi connectivity index (χ3n) is 6.03. The lowest BCUT2D eigenvalue weighted by atomic mass is 9.85. The van der Waals surface area contributed by atoms with Crippen molar-refractivity contribution in [2.45, 2.75) is 44.1 Å². The second-order valence-corrected chi connectivity index (χ2v) is 8.10. The van der Waals surface area contributed by atoms with Gasteiger partial charge in [-0.15, -0.1) is 0 Å². The number of aromatic carboxylic acids is 1. The number of hydrogen-bond donors (Lipinski definition) is 1. The number of carbonyl (C=O) groups is 1. The molecule has 0 heterocycles. The summed E-state index contributed by atoms with van der Waals surface area (Å²) in [7, 11) is 1.68. The first-order valence-electron chi connectivity index (χ1n) is 10.9. The van der Waals surface area contributed by atoms with Crippen LogP contribution < -0.4 is 9.47 Å². The van der Waals surface area contributed by atoms with E-state index in [0.717, 1.165) is 41.9 Å². The first-order valence-corrected chi connectivity index (χ1v) is 10.9. The summed E-state index contributed by atoms with van der Waals surface area (Å²) in [6, 6.07) is 23.7. The predicted octanol–water partition coefficient (Wildman–Crippen LogP) is 5.26. The SMILES string of the molecule is COc1ccc(C(Cc2ccc(C(=O)O)cc2)c2ccccc2)cc1OC1CCCC1.O. The molecule has 3 N–H and O–H groups in total. The largest absolute Gasteiger partial charge is 0.493 e. The van der Waals surface area contributed by atoms with Crippen molar-refractivity contribution in [3.63, 3.8) is 0 Å². The Kier molecular flexibility index (Phi) is 7.90. The van der Waals surface area contributed by atoms with Crippen LogP contribution in [0, 0.1) is 0 Å². The van der Waals surface area contributed by atoms with Crippen molar-refractivity contribution in [2.24, 2.45) is 0 Å². The molecule has 1 atom stereocenters. The van der Waals surface area contributed by atoms with Gasteiger partial charge in [0.05, 0.1) is 18.8 Å². The van der Waals surface area contributed by atoms with Crippen molar-refractivity contribution >= 4 is 5.97 Å². The van der Waals surface area contributed by atoms with E-state index < -0.39 is 5.97 Å². The van der Waals surface area contributed by atoms with Crippen LogP contribution in [0.2, 0.25) is 0 Å². The van der Waals surface area contributed by atoms with Crippen LogP contribution >= 0.6 is 0 Å². The quantitative estimate of drug-likeness (QED) is 0.523. The molecule has 5 nitrogen and oxygen atoms in total. The maximum atomic E-state index is 11.2. The van der Waals surface area contributed by atoms with Gasteiger partial charge >= 0.3 is 5.97 Å². The summed E-state index contributed by atoms with van der Waals surface area (Å²) >= 11 is 0. The monoisotopic (exact) mass is 434 g/mol. The Balaban J connectivity index is 0.00000289. The van der Waals surface area contributed by atoms with Gasteiger partial charge in [0.25, 0.3) is 0 Å². The van der Waals surface area contributed by atoms with E-state index in [1.165, 1.54) is 18.4 Å². The van der Waals surface area contributed by atoms with Crippen molar-refractivity contribution in [3.8, 4) is 11.5 Å². The normalized spacial score (nSPS) is 14.4. The molecule has 168 valence electrons. The number of carboxylic acid groups (broad SMARTS) is 1. The molecule has 0 spiro atoms. The van der Waals surface area contributed by atoms with E-state index in [1.54, 1.807) is 19.2 Å². The van der Waals surface area contributed by atoms with Crippen molar-refractivity contribution < 1.29 is 24.9 Å². The minimum absolute atomic E-state index is 0. The van der Waals surface area contributed by atoms with E-state index in [-0.39, 0.29) is 17.5 Å². The molecule has 0 aliphatic heterocycles. The van der Waals surface area contributed by atoms with Gasteiger partial charge in [-0.3, -0.25) is 0 Å². The molecule has 3 aromatic carbocycles. The summed E-state index contributed by atoms with van der Waals surface area (Å²) in [6.07, 6.45) is 5.62. The third kappa shape index (κ3) is 5.48. The lowest BCUT2D eigenvalue weighted by Crippen LogP contribution is -2.12. The van der Waals surface area contributed by atoms with Gasteiger partial charge in [0.1, 0.15) is 0 Å². The number of hydrogen-bond acceptors (Lipinski definition) is 3. The average Bonchev–Trinajstić information content (AvgIpc) is 3.31. The topological polar surface area (TPSA) is 87.3 Å². The highest BCUT2D eigenvalue weighted by molar-refractivity contribution is 5.87. The molecule has 3 aromatic rings. The Bertz CT molecular complexity index is 1010. The Hall–Kier alpha value is -3.31. The van der Waals surface area contributed by atoms with Crippen LogP contribution in [0.5, 0.6) is 11.5 Å². The molecule has 1 aliphatic rings. The zero-order chi connectivity index (χ0) is 21.6. The Morgan fingerprint density at radius 1 is 0.938 bits per heavy atom. The van der Waals surface area contributed by atoms with E-state index in [0.29, 0.717) is 5.56 Å². The Morgan fingerprint density at radius 2 is 1.62 bits per heavy atom. The van der Waals surface area contributed by atoms with Gasteiger partial charge in [-0.2, -0.15) is 0 Å². The zero-order valence-corrected chi connectivity index (χ0v) is 18.3. The van der Waals surface area contributed by atoms with Crippen LogP contribution in [-0.2, 0) is 6.42 Å². The third-order valence-corrected chi connectivity index (χ3v) is 6.03. The van der Waals surface area contributed by atoms with Crippen molar-refractivity contribution in [1.82, 2.24) is 0 Å². The molecular formula is C27H30O5. The van der Waals surface area contributed by atoms with Crippen molar-refractivity contribution in [1.29, 1.82) is 0 Å². The Morgan fingerprint density at radius 3 is 2.25 bits per heavy atom. The summed E-state index contributed by atoms with van der Waals surface area (Å²) in [4.78, 5) is 11.2. The molecule has 1 saturated carbocycles. The molecule has 1 fully saturated rings. The molecule has 0 saturated heterocycles. The smallest absolute Gasteiger partial charge is 0.335 e. The van der Waals surface area contributed by atoms with Crippen molar-refractivity contribution in [2.75, 3.05) is 7.11 Å². The van der Waals surface area contributed by atoms with E-state index in [2.05, 4.69) is 36.4 Å². The predicted molar refractivity (Wildman–Crippen MR) is 125 cm³/mol. The maximum Gasteiger partial charge on any atom is 0.335 e. The van der Waals surface area contributed by atoms with E-state index >= 15 is 0 Å². The highest BCUT2D eigenvalue weighted by atomic mass is 16.5. The van der Waals surface area contributed by atoms with Gasteiger partial charge in [-0.25, -0.2) is 4.79 Å². The van der Waals surface area contributed by atoms with Gasteiger partial charge < -0.3 is 20.1 Å². The first kappa shape index (κ1) is 23.4. The van der Waals surface area contributed by atoms with Gasteiger partial charge in [0, 0.05) is 5.92 Å². The van der Waals surface area contributed by atoms with E-state index in [4.69, 9.17) is 9.47 Å². The number of ether oxygens (including phenoxy) is 2. The fourth-order valence-electron chi connectivity index (χ4n) is 4.32. The molecule has 1 unspecified atom stereocenters. The second kappa shape index (κ2) is 10.8. The van der Waals surface area contributed by atoms with E-state index in [9.17, 15) is 9.90 Å². The van der Waals surface area contributed by atoms with Crippen LogP contribution in [0.15, 0.2) is 72.8 Å². The first-order chi connectivity index (χ1) is 15.1. The lowest BCUT2D eigenvalue weighted by Gasteiger charge is -2.22. The molecular weight excluding hydrogens is 404 g/mol. The summed E-state index contributed by atoms with van der Waals surface area (Å²) in [5.74, 6) is 0.769. The summed E-state index contributed by atoms with van der Waals surface area (Å²) in [5, 5.41) is 9.18. The zero-order valence-electron chi connectivity index (χ0n) is 18.3. The minimum Gasteiger partial charge on any atom is -0.493 e. The fourth-order valence-corrected chi connectivity index (χ4v) is 4.32. The van der Waals surface area contributed by atoms with Gasteiger partial charge in [-0.05, 0) is 73.1 Å². The van der Waals surface area contributed by atoms with E-state index in [1.807, 2.05) is 24.3 Å². The maximum absolute atomic E-state index is 11.2. The number of rotatable bonds is 8. The summed E-state index contributed by atoms with van der Waals surface area (Å²) in [5.41, 5.74) is 3.76. The highest BCUT2D eigenvalue weighted by Crippen LogP contribution is 2.37. The summed E-state index contributed by atoms with van der Waals surface area (Å²) < 4.78 is 11.9. The van der Waals surface area contributed by atoms with Crippen molar-refractivity contribution in [3.05, 3.63) is 95.1 Å². The Labute approximate surface area is 188 Å².